The van der Waals surface area contributed by atoms with Crippen LogP contribution in [-0.2, 0) is 6.54 Å². The van der Waals surface area contributed by atoms with E-state index < -0.39 is 5.97 Å². The molecule has 2 rings (SSSR count). The van der Waals surface area contributed by atoms with Gasteiger partial charge >= 0.3 is 5.97 Å². The first-order chi connectivity index (χ1) is 8.15. The number of hydrogen-bond acceptors (Lipinski definition) is 5. The smallest absolute Gasteiger partial charge is 0.335 e. The van der Waals surface area contributed by atoms with E-state index in [2.05, 4.69) is 15.3 Å². The molecule has 0 saturated carbocycles. The van der Waals surface area contributed by atoms with Crippen molar-refractivity contribution in [2.45, 2.75) is 13.5 Å². The molecule has 6 nitrogen and oxygen atoms in total. The SMILES string of the molecule is Cc1cnc(CNc2cc(C(=O)O)ccn2)o1. The van der Waals surface area contributed by atoms with E-state index in [0.29, 0.717) is 18.3 Å². The lowest BCUT2D eigenvalue weighted by Crippen LogP contribution is -2.04. The largest absolute Gasteiger partial charge is 0.478 e. The third-order valence-corrected chi connectivity index (χ3v) is 2.10. The predicted molar refractivity (Wildman–Crippen MR) is 59.8 cm³/mol. The Morgan fingerprint density at radius 2 is 2.35 bits per heavy atom. The van der Waals surface area contributed by atoms with Crippen molar-refractivity contribution in [2.75, 3.05) is 5.32 Å². The van der Waals surface area contributed by atoms with Crippen LogP contribution in [0.25, 0.3) is 0 Å². The number of aromatic carboxylic acids is 1. The van der Waals surface area contributed by atoms with Crippen molar-refractivity contribution in [2.24, 2.45) is 0 Å². The lowest BCUT2D eigenvalue weighted by atomic mass is 10.2. The monoisotopic (exact) mass is 233 g/mol. The van der Waals surface area contributed by atoms with Crippen molar-refractivity contribution < 1.29 is 14.3 Å². The van der Waals surface area contributed by atoms with Crippen LogP contribution in [-0.4, -0.2) is 21.0 Å². The van der Waals surface area contributed by atoms with Gasteiger partial charge in [0, 0.05) is 6.20 Å². The highest BCUT2D eigenvalue weighted by Crippen LogP contribution is 2.09. The minimum absolute atomic E-state index is 0.186. The van der Waals surface area contributed by atoms with Gasteiger partial charge < -0.3 is 14.8 Å². The van der Waals surface area contributed by atoms with E-state index in [-0.39, 0.29) is 5.56 Å². The molecule has 0 amide bonds. The number of carboxylic acids is 1. The van der Waals surface area contributed by atoms with Crippen molar-refractivity contribution in [3.05, 3.63) is 41.7 Å². The molecule has 88 valence electrons. The number of carbonyl (C=O) groups is 1. The maximum Gasteiger partial charge on any atom is 0.335 e. The number of carboxylic acid groups (broad SMARTS) is 1. The van der Waals surface area contributed by atoms with Gasteiger partial charge in [0.05, 0.1) is 18.3 Å². The summed E-state index contributed by atoms with van der Waals surface area (Å²) in [5, 5.41) is 11.8. The van der Waals surface area contributed by atoms with E-state index in [4.69, 9.17) is 9.52 Å². The summed E-state index contributed by atoms with van der Waals surface area (Å²) in [6.45, 7) is 2.17. The first-order valence-electron chi connectivity index (χ1n) is 4.99. The zero-order chi connectivity index (χ0) is 12.3. The van der Waals surface area contributed by atoms with Gasteiger partial charge in [0.15, 0.2) is 0 Å². The highest BCUT2D eigenvalue weighted by molar-refractivity contribution is 5.88. The first-order valence-corrected chi connectivity index (χ1v) is 4.99. The Morgan fingerprint density at radius 1 is 1.53 bits per heavy atom. The van der Waals surface area contributed by atoms with Gasteiger partial charge in [-0.25, -0.2) is 14.8 Å². The quantitative estimate of drug-likeness (QED) is 0.835. The summed E-state index contributed by atoms with van der Waals surface area (Å²) in [4.78, 5) is 18.8. The van der Waals surface area contributed by atoms with Crippen LogP contribution in [0.4, 0.5) is 5.82 Å². The van der Waals surface area contributed by atoms with E-state index >= 15 is 0 Å². The average molecular weight is 233 g/mol. The summed E-state index contributed by atoms with van der Waals surface area (Å²) in [6, 6.07) is 2.89. The molecule has 0 aliphatic heterocycles. The number of aryl methyl sites for hydroxylation is 1. The van der Waals surface area contributed by atoms with Crippen LogP contribution in [0, 0.1) is 6.92 Å². The van der Waals surface area contributed by atoms with Crippen LogP contribution in [0.15, 0.2) is 28.9 Å². The number of hydrogen-bond donors (Lipinski definition) is 2. The Balaban J connectivity index is 2.04. The maximum atomic E-state index is 10.7. The van der Waals surface area contributed by atoms with E-state index in [9.17, 15) is 4.79 Å². The molecule has 0 aromatic carbocycles. The minimum atomic E-state index is -0.984. The summed E-state index contributed by atoms with van der Waals surface area (Å²) < 4.78 is 5.27. The van der Waals surface area contributed by atoms with Crippen molar-refractivity contribution in [3.8, 4) is 0 Å². The third kappa shape index (κ3) is 2.81. The second-order valence-electron chi connectivity index (χ2n) is 3.45. The fourth-order valence-electron chi connectivity index (χ4n) is 1.31. The molecule has 0 spiro atoms. The van der Waals surface area contributed by atoms with Crippen LogP contribution >= 0.6 is 0 Å². The predicted octanol–water partition coefficient (Wildman–Crippen LogP) is 1.69. The molecule has 0 aliphatic rings. The molecular formula is C11H11N3O3. The summed E-state index contributed by atoms with van der Waals surface area (Å²) in [5.41, 5.74) is 0.186. The van der Waals surface area contributed by atoms with Gasteiger partial charge in [-0.1, -0.05) is 0 Å². The Kier molecular flexibility index (Phi) is 3.04. The molecule has 17 heavy (non-hydrogen) atoms. The molecule has 0 atom stereocenters. The molecule has 0 saturated heterocycles. The molecule has 2 N–H and O–H groups in total. The molecule has 0 bridgehead atoms. The normalized spacial score (nSPS) is 10.2. The van der Waals surface area contributed by atoms with Gasteiger partial charge in [0.2, 0.25) is 5.89 Å². The molecule has 0 radical (unpaired) electrons. The van der Waals surface area contributed by atoms with Gasteiger partial charge in [-0.05, 0) is 19.1 Å². The molecular weight excluding hydrogens is 222 g/mol. The number of anilines is 1. The van der Waals surface area contributed by atoms with E-state index in [1.54, 1.807) is 13.1 Å². The van der Waals surface area contributed by atoms with Crippen molar-refractivity contribution in [1.82, 2.24) is 9.97 Å². The highest BCUT2D eigenvalue weighted by Gasteiger charge is 2.05. The number of nitrogens with zero attached hydrogens (tertiary/aromatic N) is 2. The standard InChI is InChI=1S/C11H11N3O3/c1-7-5-14-10(17-7)6-13-9-4-8(11(15)16)2-3-12-9/h2-5H,6H2,1H3,(H,12,13)(H,15,16). The zero-order valence-electron chi connectivity index (χ0n) is 9.17. The van der Waals surface area contributed by atoms with Gasteiger partial charge in [-0.2, -0.15) is 0 Å². The molecule has 6 heteroatoms. The molecule has 0 aliphatic carbocycles. The molecule has 2 aromatic rings. The van der Waals surface area contributed by atoms with Gasteiger partial charge in [0.1, 0.15) is 11.6 Å². The second kappa shape index (κ2) is 4.65. The number of rotatable bonds is 4. The van der Waals surface area contributed by atoms with E-state index in [1.165, 1.54) is 18.3 Å². The first kappa shape index (κ1) is 11.1. The fourth-order valence-corrected chi connectivity index (χ4v) is 1.31. The van der Waals surface area contributed by atoms with Gasteiger partial charge in [-0.15, -0.1) is 0 Å². The Morgan fingerprint density at radius 3 is 3.00 bits per heavy atom. The van der Waals surface area contributed by atoms with Crippen LogP contribution in [0.5, 0.6) is 0 Å². The maximum absolute atomic E-state index is 10.7. The summed E-state index contributed by atoms with van der Waals surface area (Å²) >= 11 is 0. The minimum Gasteiger partial charge on any atom is -0.478 e. The molecule has 0 unspecified atom stereocenters. The summed E-state index contributed by atoms with van der Waals surface area (Å²) in [7, 11) is 0. The van der Waals surface area contributed by atoms with Crippen LogP contribution in [0.1, 0.15) is 22.0 Å². The molecule has 2 heterocycles. The zero-order valence-corrected chi connectivity index (χ0v) is 9.17. The van der Waals surface area contributed by atoms with E-state index in [1.807, 2.05) is 0 Å². The topological polar surface area (TPSA) is 88.2 Å². The summed E-state index contributed by atoms with van der Waals surface area (Å²) in [6.07, 6.45) is 3.06. The van der Waals surface area contributed by atoms with Crippen LogP contribution in [0.3, 0.4) is 0 Å². The molecule has 2 aromatic heterocycles. The van der Waals surface area contributed by atoms with Crippen LogP contribution in [0.2, 0.25) is 0 Å². The number of pyridine rings is 1. The number of aromatic nitrogens is 2. The lowest BCUT2D eigenvalue weighted by Gasteiger charge is -2.03. The number of nitrogens with one attached hydrogen (secondary N) is 1. The van der Waals surface area contributed by atoms with Crippen molar-refractivity contribution in [3.63, 3.8) is 0 Å². The molecule has 0 fully saturated rings. The average Bonchev–Trinajstić information content (AvgIpc) is 2.73. The van der Waals surface area contributed by atoms with Crippen molar-refractivity contribution >= 4 is 11.8 Å². The second-order valence-corrected chi connectivity index (χ2v) is 3.45. The Labute approximate surface area is 97.3 Å². The van der Waals surface area contributed by atoms with Gasteiger partial charge in [-0.3, -0.25) is 0 Å². The number of oxazole rings is 1. The summed E-state index contributed by atoms with van der Waals surface area (Å²) in [5.74, 6) is 0.752. The van der Waals surface area contributed by atoms with Crippen LogP contribution < -0.4 is 5.32 Å². The Hall–Kier alpha value is -2.37. The lowest BCUT2D eigenvalue weighted by molar-refractivity contribution is 0.0697. The van der Waals surface area contributed by atoms with Gasteiger partial charge in [0.25, 0.3) is 0 Å². The van der Waals surface area contributed by atoms with E-state index in [0.717, 1.165) is 5.76 Å². The Bertz CT molecular complexity index is 536. The fraction of sp³-hybridized carbons (Fsp3) is 0.182. The third-order valence-electron chi connectivity index (χ3n) is 2.10. The highest BCUT2D eigenvalue weighted by atomic mass is 16.4. The van der Waals surface area contributed by atoms with Crippen molar-refractivity contribution in [1.29, 1.82) is 0 Å².